The maximum Gasteiger partial charge on any atom is 0.335 e. The molecule has 0 aromatic rings. The van der Waals surface area contributed by atoms with Crippen molar-refractivity contribution in [1.82, 2.24) is 0 Å². The minimum Gasteiger partial charge on any atom is -0.437 e. The molecule has 0 aliphatic rings. The van der Waals surface area contributed by atoms with Crippen LogP contribution in [0.4, 0.5) is 0 Å². The summed E-state index contributed by atoms with van der Waals surface area (Å²) in [4.78, 5) is 35.9. The maximum atomic E-state index is 12.8. The van der Waals surface area contributed by atoms with Crippen LogP contribution < -0.4 is 0 Å². The van der Waals surface area contributed by atoms with Crippen LogP contribution >= 0.6 is 0 Å². The van der Waals surface area contributed by atoms with Gasteiger partial charge in [-0.1, -0.05) is 6.58 Å². The zero-order valence-electron chi connectivity index (χ0n) is 29.3. The van der Waals surface area contributed by atoms with E-state index in [4.69, 9.17) is 35.4 Å². The van der Waals surface area contributed by atoms with Crippen molar-refractivity contribution in [2.24, 2.45) is 0 Å². The second kappa shape index (κ2) is 16.6. The van der Waals surface area contributed by atoms with E-state index >= 15 is 0 Å². The molecule has 0 saturated carbocycles. The fourth-order valence-corrected chi connectivity index (χ4v) is 29.3. The zero-order chi connectivity index (χ0) is 34.1. The lowest BCUT2D eigenvalue weighted by molar-refractivity contribution is -0.214. The van der Waals surface area contributed by atoms with Crippen LogP contribution in [0, 0.1) is 0 Å². The highest BCUT2D eigenvalue weighted by molar-refractivity contribution is 6.90. The Bertz CT molecular complexity index is 963. The Hall–Kier alpha value is -0.966. The van der Waals surface area contributed by atoms with Gasteiger partial charge in [-0.3, -0.25) is 9.59 Å². The highest BCUT2D eigenvalue weighted by atomic mass is 28.5. The van der Waals surface area contributed by atoms with Crippen LogP contribution in [0.3, 0.4) is 0 Å². The standard InChI is InChI=1S/C27H58O11Si5/c1-22(2)26(30)32-24(4)31-19-17-20-43(16,21-18-25(29)34-27(5,6)33-23(3)28)38-42(14,15)37-41(12,13)36-40(10,11)35-39(7,8)9/h24H,1,17-21H2,2-16H3. The van der Waals surface area contributed by atoms with Crippen molar-refractivity contribution in [3.8, 4) is 0 Å². The fourth-order valence-electron chi connectivity index (χ4n) is 4.84. The number of carbonyl (C=O) groups excluding carboxylic acids is 3. The summed E-state index contributed by atoms with van der Waals surface area (Å²) in [5.74, 6) is -2.90. The second-order valence-electron chi connectivity index (χ2n) is 13.9. The van der Waals surface area contributed by atoms with E-state index < -0.39 is 72.3 Å². The average molecular weight is 699 g/mol. The molecule has 0 bridgehead atoms. The number of hydrogen-bond donors (Lipinski definition) is 0. The molecule has 43 heavy (non-hydrogen) atoms. The Morgan fingerprint density at radius 3 is 1.70 bits per heavy atom. The van der Waals surface area contributed by atoms with Crippen molar-refractivity contribution in [2.75, 3.05) is 6.61 Å². The Morgan fingerprint density at radius 2 is 1.23 bits per heavy atom. The smallest absolute Gasteiger partial charge is 0.335 e. The summed E-state index contributed by atoms with van der Waals surface area (Å²) < 4.78 is 47.9. The first-order valence-electron chi connectivity index (χ1n) is 14.8. The number of rotatable bonds is 20. The van der Waals surface area contributed by atoms with Crippen LogP contribution in [0.1, 0.15) is 47.5 Å². The van der Waals surface area contributed by atoms with Gasteiger partial charge < -0.3 is 35.4 Å². The van der Waals surface area contributed by atoms with Gasteiger partial charge in [0.25, 0.3) is 5.79 Å². The van der Waals surface area contributed by atoms with Crippen LogP contribution in [0.25, 0.3) is 0 Å². The van der Waals surface area contributed by atoms with Crippen LogP contribution in [-0.2, 0) is 49.8 Å². The Kier molecular flexibility index (Phi) is 16.2. The lowest BCUT2D eigenvalue weighted by Crippen LogP contribution is -2.58. The molecule has 0 rings (SSSR count). The molecular weight excluding hydrogens is 641 g/mol. The van der Waals surface area contributed by atoms with Crippen LogP contribution in [-0.4, -0.2) is 78.9 Å². The lowest BCUT2D eigenvalue weighted by Gasteiger charge is -2.42. The van der Waals surface area contributed by atoms with E-state index in [1.165, 1.54) is 20.8 Å². The summed E-state index contributed by atoms with van der Waals surface area (Å²) in [7, 11) is -12.2. The van der Waals surface area contributed by atoms with Gasteiger partial charge in [0, 0.05) is 32.8 Å². The molecule has 0 aromatic heterocycles. The molecular formula is C27H58O11Si5. The van der Waals surface area contributed by atoms with Gasteiger partial charge in [0.15, 0.2) is 22.9 Å². The van der Waals surface area contributed by atoms with Crippen LogP contribution in [0.15, 0.2) is 12.2 Å². The van der Waals surface area contributed by atoms with Gasteiger partial charge >= 0.3 is 43.6 Å². The minimum absolute atomic E-state index is 0.0900. The van der Waals surface area contributed by atoms with Crippen molar-refractivity contribution < 1.29 is 49.8 Å². The third-order valence-corrected chi connectivity index (χ3v) is 24.4. The largest absolute Gasteiger partial charge is 0.437 e. The van der Waals surface area contributed by atoms with Gasteiger partial charge in [0.1, 0.15) is 0 Å². The highest BCUT2D eigenvalue weighted by Crippen LogP contribution is 2.30. The summed E-state index contributed by atoms with van der Waals surface area (Å²) in [5.41, 5.74) is 0.299. The summed E-state index contributed by atoms with van der Waals surface area (Å²) in [5, 5.41) is 0. The van der Waals surface area contributed by atoms with Gasteiger partial charge in [0.05, 0.1) is 6.61 Å². The van der Waals surface area contributed by atoms with Crippen molar-refractivity contribution in [1.29, 1.82) is 0 Å². The highest BCUT2D eigenvalue weighted by Gasteiger charge is 2.46. The third-order valence-electron chi connectivity index (χ3n) is 5.46. The van der Waals surface area contributed by atoms with Gasteiger partial charge in [-0.25, -0.2) is 4.79 Å². The predicted octanol–water partition coefficient (Wildman–Crippen LogP) is 6.67. The van der Waals surface area contributed by atoms with Gasteiger partial charge in [0.2, 0.25) is 0 Å². The van der Waals surface area contributed by atoms with E-state index in [9.17, 15) is 14.4 Å². The van der Waals surface area contributed by atoms with Crippen LogP contribution in [0.2, 0.25) is 77.6 Å². The topological polar surface area (TPSA) is 125 Å². The van der Waals surface area contributed by atoms with Crippen LogP contribution in [0.5, 0.6) is 0 Å². The maximum absolute atomic E-state index is 12.8. The predicted molar refractivity (Wildman–Crippen MR) is 179 cm³/mol. The van der Waals surface area contributed by atoms with E-state index in [2.05, 4.69) is 45.9 Å². The number of hydrogen-bond acceptors (Lipinski definition) is 11. The van der Waals surface area contributed by atoms with Gasteiger partial charge in [-0.15, -0.1) is 0 Å². The Labute approximate surface area is 265 Å². The normalized spacial score (nSPS) is 15.3. The first-order valence-corrected chi connectivity index (χ1v) is 29.4. The summed E-state index contributed by atoms with van der Waals surface area (Å²) in [6.07, 6.45) is -0.00927. The summed E-state index contributed by atoms with van der Waals surface area (Å²) in [6, 6.07) is 1.13. The third kappa shape index (κ3) is 20.6. The lowest BCUT2D eigenvalue weighted by atomic mass is 10.3. The zero-order valence-corrected chi connectivity index (χ0v) is 34.3. The molecule has 0 aliphatic carbocycles. The van der Waals surface area contributed by atoms with Gasteiger partial charge in [-0.05, 0) is 97.8 Å². The van der Waals surface area contributed by atoms with E-state index in [1.807, 2.05) is 26.2 Å². The van der Waals surface area contributed by atoms with E-state index in [0.717, 1.165) is 0 Å². The van der Waals surface area contributed by atoms with E-state index in [0.29, 0.717) is 30.7 Å². The Morgan fingerprint density at radius 1 is 0.744 bits per heavy atom. The molecule has 0 saturated heterocycles. The molecule has 0 aromatic carbocycles. The molecule has 0 heterocycles. The summed E-state index contributed by atoms with van der Waals surface area (Å²) in [6.45, 7) is 32.1. The fraction of sp³-hybridized carbons (Fsp3) is 0.815. The molecule has 252 valence electrons. The first-order chi connectivity index (χ1) is 19.1. The molecule has 0 amide bonds. The summed E-state index contributed by atoms with van der Waals surface area (Å²) >= 11 is 0. The quantitative estimate of drug-likeness (QED) is 0.0445. The molecule has 0 radical (unpaired) electrons. The molecule has 2 atom stereocenters. The minimum atomic E-state index is -2.75. The average Bonchev–Trinajstić information content (AvgIpc) is 2.70. The Balaban J connectivity index is 5.63. The SMILES string of the molecule is C=C(C)C(=O)OC(C)OCCC[Si](C)(CCC(=O)OC(C)(C)OC(C)=O)O[Si](C)(C)O[Si](C)(C)O[Si](C)(C)O[Si](C)(C)C. The molecule has 16 heteroatoms. The molecule has 0 N–H and O–H groups in total. The van der Waals surface area contributed by atoms with Crippen molar-refractivity contribution in [3.05, 3.63) is 12.2 Å². The second-order valence-corrected chi connectivity index (χ2v) is 33.7. The molecule has 0 fully saturated rings. The molecule has 0 spiro atoms. The number of esters is 3. The van der Waals surface area contributed by atoms with Crippen molar-refractivity contribution in [2.45, 2.75) is 137 Å². The van der Waals surface area contributed by atoms with Crippen molar-refractivity contribution >= 4 is 60.2 Å². The van der Waals surface area contributed by atoms with E-state index in [-0.39, 0.29) is 6.42 Å². The molecule has 11 nitrogen and oxygen atoms in total. The number of ether oxygens (including phenoxy) is 4. The molecule has 2 unspecified atom stereocenters. The van der Waals surface area contributed by atoms with Crippen molar-refractivity contribution in [3.63, 3.8) is 0 Å². The molecule has 0 aliphatic heterocycles. The van der Waals surface area contributed by atoms with E-state index in [1.54, 1.807) is 13.8 Å². The monoisotopic (exact) mass is 698 g/mol. The first kappa shape index (κ1) is 42.0. The number of carbonyl (C=O) groups is 3. The van der Waals surface area contributed by atoms with Gasteiger partial charge in [-0.2, -0.15) is 0 Å².